The second kappa shape index (κ2) is 5.84. The highest BCUT2D eigenvalue weighted by Crippen LogP contribution is 2.36. The van der Waals surface area contributed by atoms with E-state index >= 15 is 0 Å². The van der Waals surface area contributed by atoms with Crippen molar-refractivity contribution in [2.24, 2.45) is 13.0 Å². The largest absolute Gasteiger partial charge is 0.387 e. The standard InChI is InChI=1S/C19H19N5OS/c1-23-8-14(9-23)17(25)16-6-11-3-4-15(21-19(11)26-16)12-5-13-10-24(2)22-18(13)20-7-12/h3-7,10,14,17,25H,8-9H2,1-2H3/t17-/m1/s1. The van der Waals surface area contributed by atoms with Crippen molar-refractivity contribution in [3.8, 4) is 11.3 Å². The number of thiophene rings is 1. The minimum absolute atomic E-state index is 0.324. The van der Waals surface area contributed by atoms with Gasteiger partial charge in [0.05, 0.1) is 11.8 Å². The van der Waals surface area contributed by atoms with Crippen LogP contribution in [-0.4, -0.2) is 49.9 Å². The van der Waals surface area contributed by atoms with E-state index in [0.717, 1.165) is 50.5 Å². The van der Waals surface area contributed by atoms with Crippen LogP contribution >= 0.6 is 11.3 Å². The molecule has 0 aromatic carbocycles. The predicted octanol–water partition coefficient (Wildman–Crippen LogP) is 2.84. The molecule has 1 fully saturated rings. The van der Waals surface area contributed by atoms with Crippen LogP contribution in [-0.2, 0) is 7.05 Å². The fourth-order valence-electron chi connectivity index (χ4n) is 3.60. The number of aromatic nitrogens is 4. The zero-order valence-corrected chi connectivity index (χ0v) is 15.4. The highest BCUT2D eigenvalue weighted by molar-refractivity contribution is 7.18. The van der Waals surface area contributed by atoms with E-state index in [1.54, 1.807) is 16.0 Å². The zero-order valence-electron chi connectivity index (χ0n) is 14.6. The minimum atomic E-state index is -0.401. The predicted molar refractivity (Wildman–Crippen MR) is 103 cm³/mol. The zero-order chi connectivity index (χ0) is 17.8. The maximum atomic E-state index is 10.6. The Hall–Kier alpha value is -2.35. The maximum absolute atomic E-state index is 10.6. The molecule has 0 spiro atoms. The lowest BCUT2D eigenvalue weighted by Crippen LogP contribution is -2.46. The van der Waals surface area contributed by atoms with E-state index < -0.39 is 6.10 Å². The Labute approximate surface area is 154 Å². The molecule has 1 atom stereocenters. The number of rotatable bonds is 3. The molecule has 0 aliphatic carbocycles. The van der Waals surface area contributed by atoms with Gasteiger partial charge in [0.25, 0.3) is 0 Å². The second-order valence-corrected chi connectivity index (χ2v) is 8.17. The van der Waals surface area contributed by atoms with E-state index in [0.29, 0.717) is 5.92 Å². The molecule has 1 aliphatic rings. The Bertz CT molecular complexity index is 1110. The minimum Gasteiger partial charge on any atom is -0.387 e. The van der Waals surface area contributed by atoms with Gasteiger partial charge in [0.1, 0.15) is 4.83 Å². The highest BCUT2D eigenvalue weighted by Gasteiger charge is 2.31. The molecule has 1 saturated heterocycles. The summed E-state index contributed by atoms with van der Waals surface area (Å²) in [6.07, 6.45) is 3.37. The van der Waals surface area contributed by atoms with Crippen LogP contribution in [0.3, 0.4) is 0 Å². The van der Waals surface area contributed by atoms with Crippen molar-refractivity contribution in [2.45, 2.75) is 6.10 Å². The third-order valence-electron chi connectivity index (χ3n) is 5.00. The molecule has 5 heterocycles. The maximum Gasteiger partial charge on any atom is 0.181 e. The van der Waals surface area contributed by atoms with E-state index in [-0.39, 0.29) is 0 Å². The Kier molecular flexibility index (Phi) is 3.56. The lowest BCUT2D eigenvalue weighted by Gasteiger charge is -2.38. The Morgan fingerprint density at radius 1 is 1.19 bits per heavy atom. The van der Waals surface area contributed by atoms with Crippen molar-refractivity contribution in [1.29, 1.82) is 0 Å². The van der Waals surface area contributed by atoms with Crippen molar-refractivity contribution in [1.82, 2.24) is 24.6 Å². The first kappa shape index (κ1) is 15.9. The summed E-state index contributed by atoms with van der Waals surface area (Å²) in [5.41, 5.74) is 2.61. The van der Waals surface area contributed by atoms with Gasteiger partial charge in [-0.1, -0.05) is 0 Å². The van der Waals surface area contributed by atoms with Crippen LogP contribution in [0.2, 0.25) is 0 Å². The third kappa shape index (κ3) is 2.59. The van der Waals surface area contributed by atoms with Gasteiger partial charge in [0.15, 0.2) is 5.65 Å². The molecule has 0 unspecified atom stereocenters. The van der Waals surface area contributed by atoms with Gasteiger partial charge < -0.3 is 10.0 Å². The van der Waals surface area contributed by atoms with E-state index in [1.165, 1.54) is 0 Å². The average Bonchev–Trinajstić information content (AvgIpc) is 3.19. The highest BCUT2D eigenvalue weighted by atomic mass is 32.1. The van der Waals surface area contributed by atoms with Gasteiger partial charge in [-0.3, -0.25) is 4.68 Å². The van der Waals surface area contributed by atoms with E-state index in [4.69, 9.17) is 4.98 Å². The molecule has 4 aromatic rings. The smallest absolute Gasteiger partial charge is 0.181 e. The SMILES string of the molecule is CN1CC([C@@H](O)c2cc3ccc(-c4cnc5nn(C)cc5c4)nc3s2)C1. The number of aliphatic hydroxyl groups excluding tert-OH is 1. The number of fused-ring (bicyclic) bond motifs is 2. The molecule has 0 amide bonds. The lowest BCUT2D eigenvalue weighted by molar-refractivity contribution is 0.0110. The molecular formula is C19H19N5OS. The summed E-state index contributed by atoms with van der Waals surface area (Å²) < 4.78 is 1.77. The average molecular weight is 365 g/mol. The van der Waals surface area contributed by atoms with Gasteiger partial charge in [-0.05, 0) is 31.3 Å². The molecule has 132 valence electrons. The Balaban J connectivity index is 1.50. The first-order valence-electron chi connectivity index (χ1n) is 8.64. The van der Waals surface area contributed by atoms with Crippen LogP contribution in [0.15, 0.2) is 36.7 Å². The van der Waals surface area contributed by atoms with Crippen LogP contribution in [0.4, 0.5) is 0 Å². The van der Waals surface area contributed by atoms with Crippen molar-refractivity contribution in [3.63, 3.8) is 0 Å². The van der Waals surface area contributed by atoms with E-state index in [9.17, 15) is 5.11 Å². The normalized spacial score (nSPS) is 17.0. The molecule has 0 radical (unpaired) electrons. The van der Waals surface area contributed by atoms with Crippen LogP contribution in [0.5, 0.6) is 0 Å². The molecule has 4 aromatic heterocycles. The van der Waals surface area contributed by atoms with Gasteiger partial charge in [-0.2, -0.15) is 5.10 Å². The van der Waals surface area contributed by atoms with Crippen LogP contribution in [0.25, 0.3) is 32.5 Å². The van der Waals surface area contributed by atoms with E-state index in [2.05, 4.69) is 40.2 Å². The van der Waals surface area contributed by atoms with Gasteiger partial charge in [0.2, 0.25) is 0 Å². The van der Waals surface area contributed by atoms with Gasteiger partial charge >= 0.3 is 0 Å². The quantitative estimate of drug-likeness (QED) is 0.605. The first-order chi connectivity index (χ1) is 12.6. The summed E-state index contributed by atoms with van der Waals surface area (Å²) in [7, 11) is 3.97. The molecule has 5 rings (SSSR count). The Morgan fingerprint density at radius 2 is 2.04 bits per heavy atom. The van der Waals surface area contributed by atoms with Crippen molar-refractivity contribution in [3.05, 3.63) is 41.5 Å². The number of hydrogen-bond donors (Lipinski definition) is 1. The number of pyridine rings is 2. The van der Waals surface area contributed by atoms with Gasteiger partial charge in [0, 0.05) is 59.7 Å². The number of hydrogen-bond acceptors (Lipinski definition) is 6. The molecule has 6 nitrogen and oxygen atoms in total. The molecule has 7 heteroatoms. The monoisotopic (exact) mass is 365 g/mol. The topological polar surface area (TPSA) is 67.1 Å². The van der Waals surface area contributed by atoms with Crippen LogP contribution < -0.4 is 0 Å². The molecule has 0 saturated carbocycles. The van der Waals surface area contributed by atoms with Crippen molar-refractivity contribution < 1.29 is 5.11 Å². The number of nitrogens with zero attached hydrogens (tertiary/aromatic N) is 5. The first-order valence-corrected chi connectivity index (χ1v) is 9.45. The molecule has 1 N–H and O–H groups in total. The van der Waals surface area contributed by atoms with Gasteiger partial charge in [-0.15, -0.1) is 11.3 Å². The second-order valence-electron chi connectivity index (χ2n) is 7.11. The number of aliphatic hydroxyl groups is 1. The van der Waals surface area contributed by atoms with Crippen molar-refractivity contribution in [2.75, 3.05) is 20.1 Å². The summed E-state index contributed by atoms with van der Waals surface area (Å²) in [6.45, 7) is 1.90. The van der Waals surface area contributed by atoms with Crippen molar-refractivity contribution >= 4 is 32.6 Å². The molecular weight excluding hydrogens is 346 g/mol. The summed E-state index contributed by atoms with van der Waals surface area (Å²) in [6, 6.07) is 8.23. The van der Waals surface area contributed by atoms with Crippen LogP contribution in [0, 0.1) is 5.92 Å². The summed E-state index contributed by atoms with van der Waals surface area (Å²) >= 11 is 1.58. The van der Waals surface area contributed by atoms with Gasteiger partial charge in [-0.25, -0.2) is 9.97 Å². The summed E-state index contributed by atoms with van der Waals surface area (Å²) in [4.78, 5) is 13.4. The fraction of sp³-hybridized carbons (Fsp3) is 0.316. The summed E-state index contributed by atoms with van der Waals surface area (Å²) in [5.74, 6) is 0.324. The van der Waals surface area contributed by atoms with E-state index in [1.807, 2.05) is 25.5 Å². The molecule has 1 aliphatic heterocycles. The number of likely N-dealkylation sites (tertiary alicyclic amines) is 1. The molecule has 0 bridgehead atoms. The number of aryl methyl sites for hydroxylation is 1. The Morgan fingerprint density at radius 3 is 2.85 bits per heavy atom. The van der Waals surface area contributed by atoms with Crippen LogP contribution in [0.1, 0.15) is 11.0 Å². The third-order valence-corrected chi connectivity index (χ3v) is 6.12. The summed E-state index contributed by atoms with van der Waals surface area (Å²) in [5, 5.41) is 17.0. The fourth-order valence-corrected chi connectivity index (χ4v) is 4.71. The molecule has 26 heavy (non-hydrogen) atoms. The lowest BCUT2D eigenvalue weighted by atomic mass is 9.93.